The molecule has 188 valence electrons. The Bertz CT molecular complexity index is 1080. The third-order valence-corrected chi connectivity index (χ3v) is 7.68. The second-order valence-corrected chi connectivity index (χ2v) is 10.6. The van der Waals surface area contributed by atoms with Crippen molar-refractivity contribution in [3.63, 3.8) is 0 Å². The van der Waals surface area contributed by atoms with Gasteiger partial charge >= 0.3 is 0 Å². The van der Waals surface area contributed by atoms with E-state index in [0.717, 1.165) is 25.2 Å². The molecule has 0 fully saturated rings. The molecule has 0 saturated heterocycles. The first kappa shape index (κ1) is 26.2. The zero-order valence-corrected chi connectivity index (χ0v) is 22.5. The molecule has 0 aliphatic heterocycles. The minimum absolute atomic E-state index is 0.601. The molecule has 3 aromatic rings. The van der Waals surface area contributed by atoms with Crippen LogP contribution in [0.25, 0.3) is 17.2 Å². The molecule has 0 radical (unpaired) electrons. The smallest absolute Gasteiger partial charge is 0.00499 e. The van der Waals surface area contributed by atoms with Crippen molar-refractivity contribution in [2.24, 2.45) is 11.8 Å². The van der Waals surface area contributed by atoms with Gasteiger partial charge in [0, 0.05) is 0 Å². The molecule has 1 aliphatic carbocycles. The minimum Gasteiger partial charge on any atom is -0.0848 e. The zero-order valence-electron chi connectivity index (χ0n) is 22.5. The summed E-state index contributed by atoms with van der Waals surface area (Å²) in [5, 5.41) is 0. The van der Waals surface area contributed by atoms with Crippen molar-refractivity contribution in [3.8, 4) is 11.1 Å². The van der Waals surface area contributed by atoms with Gasteiger partial charge in [0.25, 0.3) is 0 Å². The van der Waals surface area contributed by atoms with Crippen LogP contribution < -0.4 is 0 Å². The van der Waals surface area contributed by atoms with Gasteiger partial charge in [-0.1, -0.05) is 137 Å². The van der Waals surface area contributed by atoms with E-state index >= 15 is 0 Å². The van der Waals surface area contributed by atoms with Gasteiger partial charge in [0.15, 0.2) is 0 Å². The maximum atomic E-state index is 2.48. The lowest BCUT2D eigenvalue weighted by molar-refractivity contribution is 0.452. The predicted molar refractivity (Wildman–Crippen MR) is 158 cm³/mol. The van der Waals surface area contributed by atoms with Crippen LogP contribution >= 0.6 is 0 Å². The van der Waals surface area contributed by atoms with Crippen LogP contribution in [-0.2, 0) is 19.3 Å². The van der Waals surface area contributed by atoms with Crippen LogP contribution in [-0.4, -0.2) is 0 Å². The number of hydrogen-bond donors (Lipinski definition) is 0. The summed E-state index contributed by atoms with van der Waals surface area (Å²) >= 11 is 0. The van der Waals surface area contributed by atoms with Crippen LogP contribution in [0.15, 0.2) is 91.0 Å². The van der Waals surface area contributed by atoms with Crippen molar-refractivity contribution in [1.29, 1.82) is 0 Å². The van der Waals surface area contributed by atoms with Gasteiger partial charge in [-0.05, 0) is 83.7 Å². The van der Waals surface area contributed by atoms with E-state index in [-0.39, 0.29) is 0 Å². The molecule has 0 amide bonds. The van der Waals surface area contributed by atoms with Gasteiger partial charge in [0.2, 0.25) is 0 Å². The Morgan fingerprint density at radius 3 is 1.72 bits per heavy atom. The molecule has 0 N–H and O–H groups in total. The summed E-state index contributed by atoms with van der Waals surface area (Å²) in [4.78, 5) is 0. The Morgan fingerprint density at radius 2 is 1.19 bits per heavy atom. The van der Waals surface area contributed by atoms with E-state index in [1.54, 1.807) is 0 Å². The van der Waals surface area contributed by atoms with Crippen LogP contribution in [0.2, 0.25) is 0 Å². The maximum Gasteiger partial charge on any atom is -0.00499 e. The molecule has 0 heteroatoms. The van der Waals surface area contributed by atoms with E-state index in [2.05, 4.69) is 111 Å². The summed E-state index contributed by atoms with van der Waals surface area (Å²) in [6.45, 7) is 4.52. The minimum atomic E-state index is 0.601. The number of rotatable bonds is 12. The first-order valence-electron chi connectivity index (χ1n) is 14.4. The summed E-state index contributed by atoms with van der Waals surface area (Å²) < 4.78 is 0. The van der Waals surface area contributed by atoms with Crippen molar-refractivity contribution < 1.29 is 0 Å². The summed E-state index contributed by atoms with van der Waals surface area (Å²) in [5.41, 5.74) is 8.17. The van der Waals surface area contributed by atoms with E-state index in [0.29, 0.717) is 5.92 Å². The lowest BCUT2D eigenvalue weighted by atomic mass is 9.85. The van der Waals surface area contributed by atoms with Crippen molar-refractivity contribution in [1.82, 2.24) is 0 Å². The molecule has 0 saturated carbocycles. The fourth-order valence-electron chi connectivity index (χ4n) is 5.29. The zero-order chi connectivity index (χ0) is 25.0. The average molecular weight is 477 g/mol. The molecular weight excluding hydrogens is 432 g/mol. The Morgan fingerprint density at radius 1 is 0.611 bits per heavy atom. The third kappa shape index (κ3) is 8.09. The Kier molecular flexibility index (Phi) is 10.2. The van der Waals surface area contributed by atoms with Crippen LogP contribution in [0, 0.1) is 11.8 Å². The number of aryl methyl sites for hydroxylation is 3. The fourth-order valence-corrected chi connectivity index (χ4v) is 5.29. The quantitative estimate of drug-likeness (QED) is 0.180. The summed E-state index contributed by atoms with van der Waals surface area (Å²) in [6, 6.07) is 27.3. The van der Waals surface area contributed by atoms with Crippen molar-refractivity contribution in [3.05, 3.63) is 113 Å². The Balaban J connectivity index is 1.23. The topological polar surface area (TPSA) is 0 Å². The predicted octanol–water partition coefficient (Wildman–Crippen LogP) is 10.3. The SMILES string of the molecule is CCCCCC1C=CC(C=Cc2ccc(CCc3ccc(-c4ccc(CCC)cc4)cc3)cc2)CC1. The number of unbranched alkanes of at least 4 members (excludes halogenated alkanes) is 2. The molecule has 0 heterocycles. The molecule has 2 unspecified atom stereocenters. The van der Waals surface area contributed by atoms with Gasteiger partial charge in [0.1, 0.15) is 0 Å². The molecule has 4 rings (SSSR count). The molecule has 0 nitrogen and oxygen atoms in total. The molecule has 2 atom stereocenters. The lowest BCUT2D eigenvalue weighted by Crippen LogP contribution is -2.07. The second kappa shape index (κ2) is 14.0. The van der Waals surface area contributed by atoms with Gasteiger partial charge in [-0.15, -0.1) is 0 Å². The molecule has 0 aromatic heterocycles. The molecular formula is C36H44. The van der Waals surface area contributed by atoms with Crippen LogP contribution in [0.5, 0.6) is 0 Å². The normalized spacial score (nSPS) is 17.6. The van der Waals surface area contributed by atoms with Crippen LogP contribution in [0.1, 0.15) is 81.0 Å². The van der Waals surface area contributed by atoms with Gasteiger partial charge in [-0.25, -0.2) is 0 Å². The first-order chi connectivity index (χ1) is 17.7. The van der Waals surface area contributed by atoms with Gasteiger partial charge in [-0.2, -0.15) is 0 Å². The van der Waals surface area contributed by atoms with Gasteiger partial charge in [0.05, 0.1) is 0 Å². The largest absolute Gasteiger partial charge is 0.0848 e. The van der Waals surface area contributed by atoms with Gasteiger partial charge in [-0.3, -0.25) is 0 Å². The summed E-state index contributed by atoms with van der Waals surface area (Å²) in [7, 11) is 0. The van der Waals surface area contributed by atoms with Gasteiger partial charge < -0.3 is 0 Å². The average Bonchev–Trinajstić information content (AvgIpc) is 2.93. The van der Waals surface area contributed by atoms with E-state index in [1.807, 2.05) is 0 Å². The molecule has 1 aliphatic rings. The highest BCUT2D eigenvalue weighted by molar-refractivity contribution is 5.64. The second-order valence-electron chi connectivity index (χ2n) is 10.6. The van der Waals surface area contributed by atoms with E-state index in [4.69, 9.17) is 0 Å². The molecule has 3 aromatic carbocycles. The lowest BCUT2D eigenvalue weighted by Gasteiger charge is -2.20. The highest BCUT2D eigenvalue weighted by Crippen LogP contribution is 2.27. The highest BCUT2D eigenvalue weighted by atomic mass is 14.2. The number of allylic oxidation sites excluding steroid dienone is 3. The molecule has 0 bridgehead atoms. The van der Waals surface area contributed by atoms with Crippen LogP contribution in [0.4, 0.5) is 0 Å². The standard InChI is InChI=1S/C36H44/c1-3-5-6-8-30-9-11-31(12-10-30)13-14-32-15-17-33(18-16-32)19-20-34-23-27-36(28-24-34)35-25-21-29(7-4-2)22-26-35/h9,11,13-18,21-28,30-31H,3-8,10,12,19-20H2,1-2H3. The van der Waals surface area contributed by atoms with Crippen molar-refractivity contribution in [2.75, 3.05) is 0 Å². The summed E-state index contributed by atoms with van der Waals surface area (Å²) in [6.07, 6.45) is 22.3. The first-order valence-corrected chi connectivity index (χ1v) is 14.4. The monoisotopic (exact) mass is 476 g/mol. The maximum absolute atomic E-state index is 2.48. The van der Waals surface area contributed by atoms with E-state index in [1.165, 1.54) is 78.3 Å². The van der Waals surface area contributed by atoms with E-state index in [9.17, 15) is 0 Å². The Hall–Kier alpha value is -2.86. The number of benzene rings is 3. The highest BCUT2D eigenvalue weighted by Gasteiger charge is 2.13. The number of hydrogen-bond acceptors (Lipinski definition) is 0. The van der Waals surface area contributed by atoms with Crippen LogP contribution in [0.3, 0.4) is 0 Å². The van der Waals surface area contributed by atoms with E-state index < -0.39 is 0 Å². The van der Waals surface area contributed by atoms with Crippen molar-refractivity contribution in [2.45, 2.75) is 78.1 Å². The third-order valence-electron chi connectivity index (χ3n) is 7.68. The summed E-state index contributed by atoms with van der Waals surface area (Å²) in [5.74, 6) is 1.41. The van der Waals surface area contributed by atoms with Crippen molar-refractivity contribution >= 4 is 6.08 Å². The Labute approximate surface area is 220 Å². The fraction of sp³-hybridized carbons (Fsp3) is 0.389. The molecule has 36 heavy (non-hydrogen) atoms. The molecule has 0 spiro atoms.